The van der Waals surface area contributed by atoms with Crippen molar-refractivity contribution < 1.29 is 31.4 Å². The number of pyridine rings is 1. The lowest BCUT2D eigenvalue weighted by Crippen LogP contribution is -2.38. The molecule has 0 radical (unpaired) electrons. The Morgan fingerprint density at radius 1 is 1.13 bits per heavy atom. The van der Waals surface area contributed by atoms with Crippen molar-refractivity contribution in [2.45, 2.75) is 43.8 Å². The summed E-state index contributed by atoms with van der Waals surface area (Å²) in [4.78, 5) is 13.1. The third-order valence-electron chi connectivity index (χ3n) is 7.37. The second-order valence-electron chi connectivity index (χ2n) is 9.69. The number of alkyl halides is 2. The van der Waals surface area contributed by atoms with Gasteiger partial charge in [-0.15, -0.1) is 0 Å². The first-order valence-corrected chi connectivity index (χ1v) is 14.0. The van der Waals surface area contributed by atoms with Crippen molar-refractivity contribution in [3.8, 4) is 16.9 Å². The molecule has 1 aliphatic heterocycles. The maximum absolute atomic E-state index is 15.2. The van der Waals surface area contributed by atoms with Crippen LogP contribution in [0.15, 0.2) is 48.9 Å². The summed E-state index contributed by atoms with van der Waals surface area (Å²) in [5.41, 5.74) is 1.64. The van der Waals surface area contributed by atoms with Gasteiger partial charge in [-0.25, -0.2) is 27.8 Å². The Hall–Kier alpha value is -3.51. The van der Waals surface area contributed by atoms with Crippen molar-refractivity contribution in [1.29, 1.82) is 0 Å². The van der Waals surface area contributed by atoms with Gasteiger partial charge in [-0.1, -0.05) is 18.2 Å². The Morgan fingerprint density at radius 3 is 2.55 bits per heavy atom. The molecule has 0 unspecified atom stereocenters. The van der Waals surface area contributed by atoms with Gasteiger partial charge < -0.3 is 14.2 Å². The summed E-state index contributed by atoms with van der Waals surface area (Å²) in [5, 5.41) is 10.9. The third-order valence-corrected chi connectivity index (χ3v) is 9.02. The van der Waals surface area contributed by atoms with E-state index in [4.69, 9.17) is 4.74 Å². The van der Waals surface area contributed by atoms with Crippen LogP contribution in [0.1, 0.15) is 48.0 Å². The minimum Gasteiger partial charge on any atom is -0.435 e. The van der Waals surface area contributed by atoms with Crippen LogP contribution in [0.2, 0.25) is 0 Å². The van der Waals surface area contributed by atoms with E-state index in [-0.39, 0.29) is 47.4 Å². The average Bonchev–Trinajstić information content (AvgIpc) is 3.45. The smallest absolute Gasteiger partial charge is 0.387 e. The Bertz CT molecular complexity index is 1630. The lowest BCUT2D eigenvalue weighted by Gasteiger charge is -2.30. The molecule has 0 spiro atoms. The van der Waals surface area contributed by atoms with Gasteiger partial charge in [-0.2, -0.15) is 8.78 Å². The molecule has 198 valence electrons. The zero-order valence-electron chi connectivity index (χ0n) is 20.0. The van der Waals surface area contributed by atoms with Crippen LogP contribution in [-0.2, 0) is 21.9 Å². The molecular weight excluding hydrogens is 521 g/mol. The first-order chi connectivity index (χ1) is 18.1. The van der Waals surface area contributed by atoms with Crippen molar-refractivity contribution in [3.05, 3.63) is 77.5 Å². The van der Waals surface area contributed by atoms with Crippen LogP contribution in [-0.4, -0.2) is 51.0 Å². The minimum absolute atomic E-state index is 0.00565. The second-order valence-corrected chi connectivity index (χ2v) is 12.0. The molecule has 38 heavy (non-hydrogen) atoms. The molecule has 0 amide bonds. The lowest BCUT2D eigenvalue weighted by molar-refractivity contribution is -0.0505. The molecule has 1 fully saturated rings. The van der Waals surface area contributed by atoms with Gasteiger partial charge in [0.1, 0.15) is 22.8 Å². The van der Waals surface area contributed by atoms with E-state index >= 15 is 4.39 Å². The highest BCUT2D eigenvalue weighted by Gasteiger charge is 2.39. The Kier molecular flexibility index (Phi) is 5.91. The molecule has 3 aromatic heterocycles. The van der Waals surface area contributed by atoms with Crippen LogP contribution in [0.5, 0.6) is 5.75 Å². The number of hydrogen-bond donors (Lipinski definition) is 1. The predicted molar refractivity (Wildman–Crippen MR) is 131 cm³/mol. The maximum Gasteiger partial charge on any atom is 0.387 e. The number of aliphatic hydroxyl groups is 1. The van der Waals surface area contributed by atoms with Crippen LogP contribution in [0.25, 0.3) is 16.8 Å². The number of halogens is 3. The van der Waals surface area contributed by atoms with Crippen molar-refractivity contribution in [2.75, 3.05) is 11.5 Å². The normalized spacial score (nSPS) is 20.1. The largest absolute Gasteiger partial charge is 0.435 e. The monoisotopic (exact) mass is 544 g/mol. The number of fused-ring (bicyclic) bond motifs is 3. The molecule has 1 N–H and O–H groups in total. The maximum atomic E-state index is 15.2. The van der Waals surface area contributed by atoms with E-state index in [2.05, 4.69) is 15.0 Å². The number of sulfone groups is 1. The number of rotatable bonds is 5. The molecule has 1 saturated heterocycles. The van der Waals surface area contributed by atoms with Crippen LogP contribution < -0.4 is 4.74 Å². The highest BCUT2D eigenvalue weighted by molar-refractivity contribution is 7.91. The van der Waals surface area contributed by atoms with Gasteiger partial charge in [0.05, 0.1) is 22.9 Å². The van der Waals surface area contributed by atoms with E-state index in [0.717, 1.165) is 11.4 Å². The van der Waals surface area contributed by atoms with Gasteiger partial charge in [0, 0.05) is 47.3 Å². The van der Waals surface area contributed by atoms with Crippen LogP contribution >= 0.6 is 0 Å². The molecule has 6 rings (SSSR count). The number of nitrogens with zero attached hydrogens (tertiary/aromatic N) is 4. The highest BCUT2D eigenvalue weighted by atomic mass is 32.2. The summed E-state index contributed by atoms with van der Waals surface area (Å²) < 4.78 is 71.3. The summed E-state index contributed by atoms with van der Waals surface area (Å²) in [6.45, 7) is -2.96. The Balaban J connectivity index is 1.37. The van der Waals surface area contributed by atoms with E-state index in [1.165, 1.54) is 24.5 Å². The average molecular weight is 545 g/mol. The van der Waals surface area contributed by atoms with Gasteiger partial charge in [-0.3, -0.25) is 0 Å². The molecule has 1 aromatic carbocycles. The molecule has 1 aliphatic carbocycles. The number of aromatic nitrogens is 4. The highest BCUT2D eigenvalue weighted by Crippen LogP contribution is 2.43. The van der Waals surface area contributed by atoms with Crippen LogP contribution in [0.3, 0.4) is 0 Å². The van der Waals surface area contributed by atoms with Crippen LogP contribution in [0, 0.1) is 5.82 Å². The SMILES string of the molecule is O=S1(=O)CCC(O)(c2ncc(-c3cn4c5c(nc4cc3F)CC[C@@H]5c3ccccc3OC(F)F)cn2)CC1. The Morgan fingerprint density at radius 2 is 1.84 bits per heavy atom. The third kappa shape index (κ3) is 4.31. The summed E-state index contributed by atoms with van der Waals surface area (Å²) in [6.07, 6.45) is 5.62. The fraction of sp³-hybridized carbons (Fsp3) is 0.346. The van der Waals surface area contributed by atoms with Crippen molar-refractivity contribution >= 4 is 15.5 Å². The van der Waals surface area contributed by atoms with Crippen molar-refractivity contribution in [2.24, 2.45) is 0 Å². The minimum atomic E-state index is -3.19. The van der Waals surface area contributed by atoms with Gasteiger partial charge in [0.25, 0.3) is 0 Å². The quantitative estimate of drug-likeness (QED) is 0.405. The van der Waals surface area contributed by atoms with Gasteiger partial charge in [0.2, 0.25) is 0 Å². The zero-order valence-corrected chi connectivity index (χ0v) is 20.8. The van der Waals surface area contributed by atoms with E-state index in [0.29, 0.717) is 29.6 Å². The molecule has 4 aromatic rings. The predicted octanol–water partition coefficient (Wildman–Crippen LogP) is 4.01. The van der Waals surface area contributed by atoms with Gasteiger partial charge >= 0.3 is 6.61 Å². The first kappa shape index (κ1) is 24.8. The molecule has 8 nitrogen and oxygen atoms in total. The van der Waals surface area contributed by atoms with Crippen LogP contribution in [0.4, 0.5) is 13.2 Å². The molecule has 4 heterocycles. The number of aryl methyl sites for hydroxylation is 1. The number of benzene rings is 1. The zero-order chi connectivity index (χ0) is 26.7. The van der Waals surface area contributed by atoms with Crippen molar-refractivity contribution in [1.82, 2.24) is 19.4 Å². The Labute approximate surface area is 216 Å². The molecule has 12 heteroatoms. The molecule has 1 atom stereocenters. The fourth-order valence-corrected chi connectivity index (χ4v) is 6.90. The molecule has 0 saturated carbocycles. The molecule has 2 aliphatic rings. The van der Waals surface area contributed by atoms with E-state index < -0.39 is 27.9 Å². The number of imidazole rings is 1. The first-order valence-electron chi connectivity index (χ1n) is 12.1. The van der Waals surface area contributed by atoms with E-state index in [9.17, 15) is 22.3 Å². The fourth-order valence-electron chi connectivity index (χ4n) is 5.40. The summed E-state index contributed by atoms with van der Waals surface area (Å²) in [6, 6.07) is 7.94. The topological polar surface area (TPSA) is 107 Å². The molecular formula is C26H23F3N4O4S. The number of ether oxygens (including phenoxy) is 1. The standard InChI is InChI=1S/C26H23F3N4O4S/c27-19-11-22-32-20-6-5-17(16-3-1-2-4-21(16)37-25(28)29)23(20)33(22)14-18(19)15-12-30-24(31-13-15)26(34)7-9-38(35,36)10-8-26/h1-4,11-14,17,25,34H,5-10H2/t17-/m1/s1. The van der Waals surface area contributed by atoms with E-state index in [1.54, 1.807) is 28.8 Å². The number of para-hydroxylation sites is 1. The summed E-state index contributed by atoms with van der Waals surface area (Å²) in [5.74, 6) is -0.940. The van der Waals surface area contributed by atoms with E-state index in [1.807, 2.05) is 0 Å². The van der Waals surface area contributed by atoms with Gasteiger partial charge in [-0.05, 0) is 31.7 Å². The lowest BCUT2D eigenvalue weighted by atomic mass is 9.95. The molecule has 0 bridgehead atoms. The number of hydrogen-bond acceptors (Lipinski definition) is 7. The van der Waals surface area contributed by atoms with Crippen molar-refractivity contribution in [3.63, 3.8) is 0 Å². The van der Waals surface area contributed by atoms with Gasteiger partial charge in [0.15, 0.2) is 15.7 Å². The second kappa shape index (κ2) is 9.05. The summed E-state index contributed by atoms with van der Waals surface area (Å²) >= 11 is 0. The summed E-state index contributed by atoms with van der Waals surface area (Å²) in [7, 11) is -3.19.